The van der Waals surface area contributed by atoms with Crippen molar-refractivity contribution in [2.75, 3.05) is 14.2 Å². The summed E-state index contributed by atoms with van der Waals surface area (Å²) in [5.41, 5.74) is 0.809. The highest BCUT2D eigenvalue weighted by atomic mass is 35.5. The minimum Gasteiger partial charge on any atom is -0.497 e. The molecule has 2 aromatic rings. The molecular formula is C15H15Cl2NO3S. The normalized spacial score (nSPS) is 11.7. The number of sulfonamides is 1. The molecule has 0 saturated heterocycles. The van der Waals surface area contributed by atoms with Crippen LogP contribution in [-0.4, -0.2) is 26.9 Å². The molecule has 0 fully saturated rings. The number of methoxy groups -OCH3 is 1. The van der Waals surface area contributed by atoms with Gasteiger partial charge in [0.1, 0.15) is 10.6 Å². The lowest BCUT2D eigenvalue weighted by atomic mass is 10.2. The number of hydrogen-bond acceptors (Lipinski definition) is 3. The quantitative estimate of drug-likeness (QED) is 0.814. The molecule has 0 aliphatic rings. The lowest BCUT2D eigenvalue weighted by Gasteiger charge is -2.18. The molecule has 0 aliphatic heterocycles. The third kappa shape index (κ3) is 3.55. The molecule has 0 atom stereocenters. The van der Waals surface area contributed by atoms with Gasteiger partial charge in [0.15, 0.2) is 0 Å². The van der Waals surface area contributed by atoms with Crippen molar-refractivity contribution in [1.29, 1.82) is 0 Å². The number of rotatable bonds is 5. The average molecular weight is 360 g/mol. The van der Waals surface area contributed by atoms with Crippen LogP contribution in [0.15, 0.2) is 47.4 Å². The number of benzene rings is 2. The van der Waals surface area contributed by atoms with Crippen LogP contribution in [0.3, 0.4) is 0 Å². The van der Waals surface area contributed by atoms with E-state index in [1.54, 1.807) is 37.4 Å². The van der Waals surface area contributed by atoms with E-state index in [9.17, 15) is 8.42 Å². The number of nitrogens with zero attached hydrogens (tertiary/aromatic N) is 1. The van der Waals surface area contributed by atoms with Crippen LogP contribution in [-0.2, 0) is 16.6 Å². The Labute approximate surface area is 140 Å². The van der Waals surface area contributed by atoms with Gasteiger partial charge >= 0.3 is 0 Å². The van der Waals surface area contributed by atoms with Crippen LogP contribution in [0, 0.1) is 0 Å². The van der Waals surface area contributed by atoms with Crippen molar-refractivity contribution in [1.82, 2.24) is 4.31 Å². The number of ether oxygens (including phenoxy) is 1. The van der Waals surface area contributed by atoms with Crippen molar-refractivity contribution in [2.45, 2.75) is 11.4 Å². The molecule has 118 valence electrons. The summed E-state index contributed by atoms with van der Waals surface area (Å²) < 4.78 is 31.6. The van der Waals surface area contributed by atoms with Crippen LogP contribution in [0.5, 0.6) is 5.75 Å². The lowest BCUT2D eigenvalue weighted by molar-refractivity contribution is 0.412. The minimum absolute atomic E-state index is 0.00735. The molecule has 0 heterocycles. The fourth-order valence-electron chi connectivity index (χ4n) is 1.96. The first-order chi connectivity index (χ1) is 10.4. The highest BCUT2D eigenvalue weighted by molar-refractivity contribution is 7.89. The molecule has 0 N–H and O–H groups in total. The van der Waals surface area contributed by atoms with Gasteiger partial charge in [-0.05, 0) is 29.8 Å². The van der Waals surface area contributed by atoms with E-state index >= 15 is 0 Å². The molecule has 0 aromatic heterocycles. The lowest BCUT2D eigenvalue weighted by Crippen LogP contribution is -2.26. The van der Waals surface area contributed by atoms with E-state index in [0.29, 0.717) is 5.75 Å². The van der Waals surface area contributed by atoms with Crippen molar-refractivity contribution in [3.05, 3.63) is 58.1 Å². The molecule has 2 aromatic carbocycles. The van der Waals surface area contributed by atoms with Crippen LogP contribution >= 0.6 is 23.2 Å². The van der Waals surface area contributed by atoms with E-state index < -0.39 is 10.0 Å². The first kappa shape index (κ1) is 17.1. The van der Waals surface area contributed by atoms with E-state index in [2.05, 4.69) is 0 Å². The van der Waals surface area contributed by atoms with Gasteiger partial charge in [-0.3, -0.25) is 0 Å². The average Bonchev–Trinajstić information content (AvgIpc) is 2.50. The van der Waals surface area contributed by atoms with Gasteiger partial charge in [-0.2, -0.15) is 4.31 Å². The Balaban J connectivity index is 2.31. The maximum Gasteiger partial charge on any atom is 0.244 e. The summed E-state index contributed by atoms with van der Waals surface area (Å²) in [6.07, 6.45) is 0. The third-order valence-corrected chi connectivity index (χ3v) is 5.92. The number of hydrogen-bond donors (Lipinski definition) is 0. The van der Waals surface area contributed by atoms with Gasteiger partial charge in [0.05, 0.1) is 17.2 Å². The van der Waals surface area contributed by atoms with E-state index in [0.717, 1.165) is 5.56 Å². The molecule has 0 spiro atoms. The Kier molecular flexibility index (Phi) is 5.34. The molecule has 0 amide bonds. The molecule has 22 heavy (non-hydrogen) atoms. The molecule has 0 bridgehead atoms. The Morgan fingerprint density at radius 3 is 2.50 bits per heavy atom. The van der Waals surface area contributed by atoms with E-state index in [1.165, 1.54) is 17.4 Å². The highest BCUT2D eigenvalue weighted by Gasteiger charge is 2.24. The number of halogens is 2. The van der Waals surface area contributed by atoms with Gasteiger partial charge < -0.3 is 4.74 Å². The fourth-order valence-corrected chi connectivity index (χ4v) is 3.85. The standard InChI is InChI=1S/C15H15Cl2NO3S/c1-18(10-11-5-3-6-12(9-11)21-2)22(19,20)14-8-4-7-13(16)15(14)17/h3-9H,10H2,1-2H3. The monoisotopic (exact) mass is 359 g/mol. The molecular weight excluding hydrogens is 345 g/mol. The summed E-state index contributed by atoms with van der Waals surface area (Å²) in [5.74, 6) is 0.670. The summed E-state index contributed by atoms with van der Waals surface area (Å²) in [7, 11) is -0.681. The van der Waals surface area contributed by atoms with E-state index in [1.807, 2.05) is 6.07 Å². The Morgan fingerprint density at radius 1 is 1.14 bits per heavy atom. The van der Waals surface area contributed by atoms with Gasteiger partial charge in [0.2, 0.25) is 10.0 Å². The third-order valence-electron chi connectivity index (χ3n) is 3.14. The first-order valence-corrected chi connectivity index (χ1v) is 8.59. The topological polar surface area (TPSA) is 46.6 Å². The van der Waals surface area contributed by atoms with Crippen LogP contribution < -0.4 is 4.74 Å². The van der Waals surface area contributed by atoms with Crippen molar-refractivity contribution in [3.8, 4) is 5.75 Å². The van der Waals surface area contributed by atoms with Crippen LogP contribution in [0.2, 0.25) is 10.0 Å². The second-order valence-corrected chi connectivity index (χ2v) is 7.46. The zero-order valence-electron chi connectivity index (χ0n) is 12.1. The van der Waals surface area contributed by atoms with Gasteiger partial charge in [-0.1, -0.05) is 41.4 Å². The first-order valence-electron chi connectivity index (χ1n) is 6.39. The largest absolute Gasteiger partial charge is 0.497 e. The van der Waals surface area contributed by atoms with E-state index in [-0.39, 0.29) is 21.5 Å². The van der Waals surface area contributed by atoms with Crippen molar-refractivity contribution >= 4 is 33.2 Å². The van der Waals surface area contributed by atoms with Crippen LogP contribution in [0.1, 0.15) is 5.56 Å². The predicted octanol–water partition coefficient (Wildman–Crippen LogP) is 3.82. The second kappa shape index (κ2) is 6.87. The summed E-state index contributed by atoms with van der Waals surface area (Å²) in [6, 6.07) is 11.8. The maximum absolute atomic E-state index is 12.6. The smallest absolute Gasteiger partial charge is 0.244 e. The Hall–Kier alpha value is -1.27. The summed E-state index contributed by atoms with van der Waals surface area (Å²) >= 11 is 11.9. The summed E-state index contributed by atoms with van der Waals surface area (Å²) in [4.78, 5) is -0.00735. The molecule has 0 radical (unpaired) electrons. The molecule has 0 saturated carbocycles. The summed E-state index contributed by atoms with van der Waals surface area (Å²) in [5, 5.41) is 0.235. The van der Waals surface area contributed by atoms with Gasteiger partial charge in [-0.25, -0.2) is 8.42 Å². The van der Waals surface area contributed by atoms with Crippen molar-refractivity contribution in [2.24, 2.45) is 0 Å². The van der Waals surface area contributed by atoms with Gasteiger partial charge in [0.25, 0.3) is 0 Å². The van der Waals surface area contributed by atoms with Crippen molar-refractivity contribution < 1.29 is 13.2 Å². The highest BCUT2D eigenvalue weighted by Crippen LogP contribution is 2.31. The fraction of sp³-hybridized carbons (Fsp3) is 0.200. The minimum atomic E-state index is -3.73. The Morgan fingerprint density at radius 2 is 1.82 bits per heavy atom. The maximum atomic E-state index is 12.6. The van der Waals surface area contributed by atoms with Gasteiger partial charge in [-0.15, -0.1) is 0 Å². The summed E-state index contributed by atoms with van der Waals surface area (Å²) in [6.45, 7) is 0.197. The van der Waals surface area contributed by atoms with Crippen LogP contribution in [0.25, 0.3) is 0 Å². The van der Waals surface area contributed by atoms with Gasteiger partial charge in [0, 0.05) is 13.6 Å². The molecule has 0 unspecified atom stereocenters. The molecule has 2 rings (SSSR count). The zero-order chi connectivity index (χ0) is 16.3. The molecule has 4 nitrogen and oxygen atoms in total. The zero-order valence-corrected chi connectivity index (χ0v) is 14.4. The van der Waals surface area contributed by atoms with Crippen molar-refractivity contribution in [3.63, 3.8) is 0 Å². The SMILES string of the molecule is COc1cccc(CN(C)S(=O)(=O)c2cccc(Cl)c2Cl)c1. The molecule has 7 heteroatoms. The van der Waals surface area contributed by atoms with Crippen LogP contribution in [0.4, 0.5) is 0 Å². The Bertz CT molecular complexity index is 778. The second-order valence-electron chi connectivity index (χ2n) is 4.66. The molecule has 0 aliphatic carbocycles. The predicted molar refractivity (Wildman–Crippen MR) is 88.1 cm³/mol. The van der Waals surface area contributed by atoms with E-state index in [4.69, 9.17) is 27.9 Å².